The molecule has 0 radical (unpaired) electrons. The zero-order chi connectivity index (χ0) is 12.4. The quantitative estimate of drug-likeness (QED) is 0.580. The highest BCUT2D eigenvalue weighted by Crippen LogP contribution is 2.32. The molecule has 1 aliphatic rings. The average molecular weight is 231 g/mol. The van der Waals surface area contributed by atoms with Crippen molar-refractivity contribution < 1.29 is 9.72 Å². The number of carbonyl (C=O) groups is 1. The highest BCUT2D eigenvalue weighted by Gasteiger charge is 2.27. The van der Waals surface area contributed by atoms with E-state index in [1.165, 1.54) is 12.1 Å². The minimum atomic E-state index is -0.435. The van der Waals surface area contributed by atoms with E-state index in [4.69, 9.17) is 0 Å². The van der Waals surface area contributed by atoms with Crippen LogP contribution in [-0.2, 0) is 4.79 Å². The minimum Gasteiger partial charge on any atom is -0.294 e. The van der Waals surface area contributed by atoms with Gasteiger partial charge in [0.15, 0.2) is 5.78 Å². The largest absolute Gasteiger partial charge is 0.294 e. The number of nitrogens with zero attached hydrogens (tertiary/aromatic N) is 1. The van der Waals surface area contributed by atoms with E-state index in [0.29, 0.717) is 0 Å². The smallest absolute Gasteiger partial charge is 0.269 e. The molecule has 88 valence electrons. The summed E-state index contributed by atoms with van der Waals surface area (Å²) in [4.78, 5) is 21.9. The summed E-state index contributed by atoms with van der Waals surface area (Å²) in [5, 5.41) is 10.5. The third-order valence-corrected chi connectivity index (χ3v) is 3.13. The molecule has 0 bridgehead atoms. The van der Waals surface area contributed by atoms with Crippen LogP contribution >= 0.6 is 0 Å². The predicted molar refractivity (Wildman–Crippen MR) is 63.8 cm³/mol. The summed E-state index contributed by atoms with van der Waals surface area (Å²) in [5.74, 6) is 0.160. The zero-order valence-corrected chi connectivity index (χ0v) is 9.50. The molecule has 0 aliphatic heterocycles. The highest BCUT2D eigenvalue weighted by molar-refractivity contribution is 5.96. The first kappa shape index (κ1) is 11.5. The Morgan fingerprint density at radius 1 is 1.29 bits per heavy atom. The van der Waals surface area contributed by atoms with Crippen LogP contribution in [0.2, 0.25) is 0 Å². The van der Waals surface area contributed by atoms with E-state index in [9.17, 15) is 14.9 Å². The van der Waals surface area contributed by atoms with Crippen LogP contribution in [0.4, 0.5) is 5.69 Å². The lowest BCUT2D eigenvalue weighted by Crippen LogP contribution is -2.21. The fourth-order valence-corrected chi connectivity index (χ4v) is 2.22. The molecule has 0 spiro atoms. The Balaban J connectivity index is 2.30. The molecule has 0 amide bonds. The van der Waals surface area contributed by atoms with E-state index in [2.05, 4.69) is 0 Å². The maximum atomic E-state index is 11.8. The molecule has 0 unspecified atom stereocenters. The fraction of sp³-hybridized carbons (Fsp3) is 0.308. The van der Waals surface area contributed by atoms with Crippen LogP contribution in [0.1, 0.15) is 24.8 Å². The number of hydrogen-bond acceptors (Lipinski definition) is 3. The highest BCUT2D eigenvalue weighted by atomic mass is 16.6. The molecule has 1 aromatic rings. The molecule has 0 N–H and O–H groups in total. The van der Waals surface area contributed by atoms with Crippen LogP contribution in [0.25, 0.3) is 0 Å². The van der Waals surface area contributed by atoms with E-state index in [1.807, 2.05) is 13.0 Å². The second-order valence-corrected chi connectivity index (χ2v) is 4.34. The van der Waals surface area contributed by atoms with Crippen LogP contribution < -0.4 is 0 Å². The van der Waals surface area contributed by atoms with Gasteiger partial charge in [-0.15, -0.1) is 0 Å². The second kappa shape index (κ2) is 4.49. The van der Waals surface area contributed by atoms with Gasteiger partial charge in [-0.1, -0.05) is 25.1 Å². The molecule has 0 fully saturated rings. The third kappa shape index (κ3) is 2.25. The number of allylic oxidation sites excluding steroid dienone is 2. The van der Waals surface area contributed by atoms with Gasteiger partial charge < -0.3 is 0 Å². The van der Waals surface area contributed by atoms with Crippen molar-refractivity contribution in [1.82, 2.24) is 0 Å². The Labute approximate surface area is 99.1 Å². The van der Waals surface area contributed by atoms with Crippen molar-refractivity contribution in [3.8, 4) is 0 Å². The van der Waals surface area contributed by atoms with Gasteiger partial charge >= 0.3 is 0 Å². The van der Waals surface area contributed by atoms with Crippen molar-refractivity contribution in [3.05, 3.63) is 52.1 Å². The summed E-state index contributed by atoms with van der Waals surface area (Å²) in [6.07, 6.45) is 4.36. The van der Waals surface area contributed by atoms with E-state index in [-0.39, 0.29) is 23.3 Å². The summed E-state index contributed by atoms with van der Waals surface area (Å²) in [6, 6.07) is 6.26. The van der Waals surface area contributed by atoms with Gasteiger partial charge in [0.2, 0.25) is 0 Å². The van der Waals surface area contributed by atoms with Gasteiger partial charge in [-0.3, -0.25) is 14.9 Å². The van der Waals surface area contributed by atoms with Crippen LogP contribution in [0.5, 0.6) is 0 Å². The summed E-state index contributed by atoms with van der Waals surface area (Å²) < 4.78 is 0. The molecule has 0 aromatic heterocycles. The topological polar surface area (TPSA) is 60.2 Å². The van der Waals surface area contributed by atoms with E-state index in [1.54, 1.807) is 18.2 Å². The van der Waals surface area contributed by atoms with Crippen molar-refractivity contribution >= 4 is 11.5 Å². The maximum absolute atomic E-state index is 11.8. The van der Waals surface area contributed by atoms with Gasteiger partial charge in [-0.2, -0.15) is 0 Å². The normalized spacial score (nSPS) is 23.7. The third-order valence-electron chi connectivity index (χ3n) is 3.13. The Hall–Kier alpha value is -1.97. The first-order chi connectivity index (χ1) is 8.09. The number of hydrogen-bond donors (Lipinski definition) is 0. The standard InChI is InChI=1S/C13H13NO3/c1-9-3-2-4-12(15)13(9)10-5-7-11(8-6-10)14(16)17/h2,4-9,13H,3H2,1H3/t9-,13-/m1/s1. The molecular formula is C13H13NO3. The van der Waals surface area contributed by atoms with Crippen LogP contribution in [0.3, 0.4) is 0 Å². The molecule has 0 saturated carbocycles. The molecule has 0 heterocycles. The SMILES string of the molecule is C[C@@H]1CC=CC(=O)[C@H]1c1ccc([N+](=O)[O-])cc1. The minimum absolute atomic E-state index is 0.0557. The Kier molecular flexibility index (Phi) is 3.04. The van der Waals surface area contributed by atoms with Gasteiger partial charge in [0.05, 0.1) is 4.92 Å². The van der Waals surface area contributed by atoms with Gasteiger partial charge in [-0.05, 0) is 24.0 Å². The Morgan fingerprint density at radius 2 is 1.94 bits per heavy atom. The molecular weight excluding hydrogens is 218 g/mol. The molecule has 1 aliphatic carbocycles. The van der Waals surface area contributed by atoms with Crippen LogP contribution in [0, 0.1) is 16.0 Å². The van der Waals surface area contributed by atoms with E-state index in [0.717, 1.165) is 12.0 Å². The van der Waals surface area contributed by atoms with Crippen LogP contribution in [-0.4, -0.2) is 10.7 Å². The number of ketones is 1. The average Bonchev–Trinajstić information content (AvgIpc) is 2.29. The molecule has 0 saturated heterocycles. The van der Waals surface area contributed by atoms with E-state index >= 15 is 0 Å². The maximum Gasteiger partial charge on any atom is 0.269 e. The summed E-state index contributed by atoms with van der Waals surface area (Å²) in [5.41, 5.74) is 0.914. The molecule has 17 heavy (non-hydrogen) atoms. The first-order valence-electron chi connectivity index (χ1n) is 5.54. The van der Waals surface area contributed by atoms with Crippen molar-refractivity contribution in [1.29, 1.82) is 0 Å². The predicted octanol–water partition coefficient (Wildman–Crippen LogP) is 2.84. The Bertz CT molecular complexity index is 476. The number of nitro groups is 1. The van der Waals surface area contributed by atoms with Crippen molar-refractivity contribution in [3.63, 3.8) is 0 Å². The second-order valence-electron chi connectivity index (χ2n) is 4.34. The number of carbonyl (C=O) groups excluding carboxylic acids is 1. The first-order valence-corrected chi connectivity index (χ1v) is 5.54. The summed E-state index contributed by atoms with van der Waals surface area (Å²) in [7, 11) is 0. The van der Waals surface area contributed by atoms with Gasteiger partial charge in [0, 0.05) is 18.1 Å². The lowest BCUT2D eigenvalue weighted by atomic mass is 9.79. The number of non-ortho nitro benzene ring substituents is 1. The number of nitro benzene ring substituents is 1. The molecule has 1 aromatic carbocycles. The van der Waals surface area contributed by atoms with E-state index < -0.39 is 4.92 Å². The number of rotatable bonds is 2. The fourth-order valence-electron chi connectivity index (χ4n) is 2.22. The van der Waals surface area contributed by atoms with Crippen molar-refractivity contribution in [2.45, 2.75) is 19.3 Å². The van der Waals surface area contributed by atoms with Gasteiger partial charge in [0.25, 0.3) is 5.69 Å². The lowest BCUT2D eigenvalue weighted by molar-refractivity contribution is -0.384. The van der Waals surface area contributed by atoms with Gasteiger partial charge in [-0.25, -0.2) is 0 Å². The molecule has 2 atom stereocenters. The van der Waals surface area contributed by atoms with Crippen molar-refractivity contribution in [2.75, 3.05) is 0 Å². The van der Waals surface area contributed by atoms with Gasteiger partial charge in [0.1, 0.15) is 0 Å². The summed E-state index contributed by atoms with van der Waals surface area (Å²) in [6.45, 7) is 2.02. The monoisotopic (exact) mass is 231 g/mol. The van der Waals surface area contributed by atoms with Crippen molar-refractivity contribution in [2.24, 2.45) is 5.92 Å². The zero-order valence-electron chi connectivity index (χ0n) is 9.50. The Morgan fingerprint density at radius 3 is 2.47 bits per heavy atom. The number of benzene rings is 1. The van der Waals surface area contributed by atoms with Crippen LogP contribution in [0.15, 0.2) is 36.4 Å². The molecule has 4 heteroatoms. The lowest BCUT2D eigenvalue weighted by Gasteiger charge is -2.24. The summed E-state index contributed by atoms with van der Waals surface area (Å²) >= 11 is 0. The molecule has 2 rings (SSSR count). The molecule has 4 nitrogen and oxygen atoms in total.